The van der Waals surface area contributed by atoms with Crippen molar-refractivity contribution in [3.63, 3.8) is 0 Å². The number of phenols is 1. The monoisotopic (exact) mass is 163 g/mol. The molecular weight excluding hydrogens is 150 g/mol. The van der Waals surface area contributed by atoms with E-state index in [-0.39, 0.29) is 0 Å². The van der Waals surface area contributed by atoms with E-state index >= 15 is 0 Å². The number of anilines is 1. The molecule has 0 bridgehead atoms. The maximum absolute atomic E-state index is 9.59. The zero-order chi connectivity index (χ0) is 8.55. The van der Waals surface area contributed by atoms with E-state index in [0.717, 1.165) is 24.2 Å². The summed E-state index contributed by atoms with van der Waals surface area (Å²) in [4.78, 5) is 0. The summed E-state index contributed by atoms with van der Waals surface area (Å²) in [7, 11) is 0. The molecule has 12 heavy (non-hydrogen) atoms. The first-order chi connectivity index (χ1) is 5.79. The SMILES string of the molecule is CC1CCNc2cccc(O)c21. The van der Waals surface area contributed by atoms with Gasteiger partial charge in [0.2, 0.25) is 0 Å². The molecule has 1 unspecified atom stereocenters. The van der Waals surface area contributed by atoms with Crippen LogP contribution in [0.3, 0.4) is 0 Å². The third-order valence-electron chi connectivity index (χ3n) is 2.47. The molecular formula is C10H13NO. The molecule has 0 amide bonds. The van der Waals surface area contributed by atoms with Crippen LogP contribution in [0.15, 0.2) is 18.2 Å². The van der Waals surface area contributed by atoms with Crippen LogP contribution in [0.4, 0.5) is 5.69 Å². The molecule has 0 saturated heterocycles. The summed E-state index contributed by atoms with van der Waals surface area (Å²) in [5, 5.41) is 12.9. The largest absolute Gasteiger partial charge is 0.508 e. The Morgan fingerprint density at radius 1 is 1.50 bits per heavy atom. The van der Waals surface area contributed by atoms with Crippen molar-refractivity contribution >= 4 is 5.69 Å². The lowest BCUT2D eigenvalue weighted by molar-refractivity contribution is 0.460. The predicted molar refractivity (Wildman–Crippen MR) is 49.6 cm³/mol. The number of hydrogen-bond acceptors (Lipinski definition) is 2. The molecule has 0 saturated carbocycles. The van der Waals surface area contributed by atoms with Crippen LogP contribution in [0.5, 0.6) is 5.75 Å². The molecule has 0 radical (unpaired) electrons. The van der Waals surface area contributed by atoms with Crippen LogP contribution in [0.25, 0.3) is 0 Å². The minimum atomic E-state index is 0.423. The Labute approximate surface area is 72.2 Å². The summed E-state index contributed by atoms with van der Waals surface area (Å²) < 4.78 is 0. The molecule has 64 valence electrons. The third-order valence-corrected chi connectivity index (χ3v) is 2.47. The summed E-state index contributed by atoms with van der Waals surface area (Å²) in [5.41, 5.74) is 2.16. The normalized spacial score (nSPS) is 21.2. The summed E-state index contributed by atoms with van der Waals surface area (Å²) in [6.45, 7) is 3.16. The number of fused-ring (bicyclic) bond motifs is 1. The highest BCUT2D eigenvalue weighted by Gasteiger charge is 2.18. The van der Waals surface area contributed by atoms with Crippen LogP contribution < -0.4 is 5.32 Å². The number of benzene rings is 1. The molecule has 0 spiro atoms. The average Bonchev–Trinajstić information content (AvgIpc) is 2.04. The van der Waals surface area contributed by atoms with Gasteiger partial charge < -0.3 is 10.4 Å². The van der Waals surface area contributed by atoms with Gasteiger partial charge in [-0.25, -0.2) is 0 Å². The number of hydrogen-bond donors (Lipinski definition) is 2. The minimum absolute atomic E-state index is 0.423. The van der Waals surface area contributed by atoms with E-state index in [2.05, 4.69) is 12.2 Å². The van der Waals surface area contributed by atoms with Gasteiger partial charge in [0.1, 0.15) is 5.75 Å². The van der Waals surface area contributed by atoms with Gasteiger partial charge >= 0.3 is 0 Å². The second kappa shape index (κ2) is 2.70. The lowest BCUT2D eigenvalue weighted by Crippen LogP contribution is -2.14. The Bertz CT molecular complexity index is 296. The Morgan fingerprint density at radius 3 is 3.08 bits per heavy atom. The Balaban J connectivity index is 2.53. The van der Waals surface area contributed by atoms with E-state index in [9.17, 15) is 5.11 Å². The molecule has 0 aromatic heterocycles. The Hall–Kier alpha value is -1.18. The molecule has 0 aliphatic carbocycles. The van der Waals surface area contributed by atoms with Gasteiger partial charge in [-0.2, -0.15) is 0 Å². The van der Waals surface area contributed by atoms with Gasteiger partial charge in [0.05, 0.1) is 0 Å². The van der Waals surface area contributed by atoms with Crippen molar-refractivity contribution < 1.29 is 5.11 Å². The van der Waals surface area contributed by atoms with Crippen molar-refractivity contribution in [2.24, 2.45) is 0 Å². The van der Waals surface area contributed by atoms with E-state index < -0.39 is 0 Å². The number of rotatable bonds is 0. The standard InChI is InChI=1S/C10H13NO/c1-7-5-6-11-8-3-2-4-9(12)10(7)8/h2-4,7,11-12H,5-6H2,1H3. The van der Waals surface area contributed by atoms with E-state index in [4.69, 9.17) is 0 Å². The van der Waals surface area contributed by atoms with Crippen molar-refractivity contribution in [2.45, 2.75) is 19.3 Å². The summed E-state index contributed by atoms with van der Waals surface area (Å²) >= 11 is 0. The van der Waals surface area contributed by atoms with Gasteiger partial charge in [0.15, 0.2) is 0 Å². The van der Waals surface area contributed by atoms with Gasteiger partial charge in [-0.15, -0.1) is 0 Å². The lowest BCUT2D eigenvalue weighted by Gasteiger charge is -2.24. The number of aromatic hydroxyl groups is 1. The topological polar surface area (TPSA) is 32.3 Å². The quantitative estimate of drug-likeness (QED) is 0.615. The molecule has 2 N–H and O–H groups in total. The van der Waals surface area contributed by atoms with Crippen molar-refractivity contribution in [1.29, 1.82) is 0 Å². The Morgan fingerprint density at radius 2 is 2.33 bits per heavy atom. The van der Waals surface area contributed by atoms with Crippen LogP contribution in [0, 0.1) is 0 Å². The van der Waals surface area contributed by atoms with Crippen LogP contribution in [-0.2, 0) is 0 Å². The van der Waals surface area contributed by atoms with Gasteiger partial charge in [0.25, 0.3) is 0 Å². The molecule has 2 heteroatoms. The summed E-state index contributed by atoms with van der Waals surface area (Å²) in [6, 6.07) is 5.65. The van der Waals surface area contributed by atoms with Gasteiger partial charge in [-0.1, -0.05) is 13.0 Å². The van der Waals surface area contributed by atoms with Crippen LogP contribution >= 0.6 is 0 Å². The third kappa shape index (κ3) is 1.04. The number of phenolic OH excluding ortho intramolecular Hbond substituents is 1. The van der Waals surface area contributed by atoms with E-state index in [1.54, 1.807) is 6.07 Å². The second-order valence-electron chi connectivity index (χ2n) is 3.35. The predicted octanol–water partition coefficient (Wildman–Crippen LogP) is 2.31. The molecule has 1 aromatic rings. The first-order valence-electron chi connectivity index (χ1n) is 4.35. The highest BCUT2D eigenvalue weighted by atomic mass is 16.3. The maximum Gasteiger partial charge on any atom is 0.121 e. The van der Waals surface area contributed by atoms with Crippen LogP contribution in [0.2, 0.25) is 0 Å². The molecule has 2 nitrogen and oxygen atoms in total. The smallest absolute Gasteiger partial charge is 0.121 e. The van der Waals surface area contributed by atoms with Crippen LogP contribution in [0.1, 0.15) is 24.8 Å². The average molecular weight is 163 g/mol. The fraction of sp³-hybridized carbons (Fsp3) is 0.400. The van der Waals surface area contributed by atoms with Crippen molar-refractivity contribution in [3.05, 3.63) is 23.8 Å². The molecule has 1 aliphatic rings. The molecule has 0 fully saturated rings. The second-order valence-corrected chi connectivity index (χ2v) is 3.35. The van der Waals surface area contributed by atoms with Gasteiger partial charge in [0, 0.05) is 17.8 Å². The molecule has 2 rings (SSSR count). The molecule has 1 atom stereocenters. The van der Waals surface area contributed by atoms with E-state index in [1.165, 1.54) is 0 Å². The lowest BCUT2D eigenvalue weighted by atomic mass is 9.92. The van der Waals surface area contributed by atoms with E-state index in [1.807, 2.05) is 12.1 Å². The first kappa shape index (κ1) is 7.47. The summed E-state index contributed by atoms with van der Waals surface area (Å²) in [5.74, 6) is 0.898. The molecule has 1 heterocycles. The summed E-state index contributed by atoms with van der Waals surface area (Å²) in [6.07, 6.45) is 1.10. The highest BCUT2D eigenvalue weighted by Crippen LogP contribution is 2.37. The molecule has 1 aliphatic heterocycles. The number of nitrogens with one attached hydrogen (secondary N) is 1. The minimum Gasteiger partial charge on any atom is -0.508 e. The van der Waals surface area contributed by atoms with Crippen LogP contribution in [-0.4, -0.2) is 11.7 Å². The fourth-order valence-electron chi connectivity index (χ4n) is 1.79. The van der Waals surface area contributed by atoms with Gasteiger partial charge in [-0.3, -0.25) is 0 Å². The maximum atomic E-state index is 9.59. The Kier molecular flexibility index (Phi) is 1.68. The van der Waals surface area contributed by atoms with Crippen molar-refractivity contribution in [3.8, 4) is 5.75 Å². The van der Waals surface area contributed by atoms with Crippen molar-refractivity contribution in [1.82, 2.24) is 0 Å². The highest BCUT2D eigenvalue weighted by molar-refractivity contribution is 5.60. The first-order valence-corrected chi connectivity index (χ1v) is 4.35. The van der Waals surface area contributed by atoms with Crippen molar-refractivity contribution in [2.75, 3.05) is 11.9 Å². The van der Waals surface area contributed by atoms with E-state index in [0.29, 0.717) is 11.7 Å². The fourth-order valence-corrected chi connectivity index (χ4v) is 1.79. The van der Waals surface area contributed by atoms with Gasteiger partial charge in [-0.05, 0) is 24.5 Å². The zero-order valence-electron chi connectivity index (χ0n) is 7.17. The molecule has 1 aromatic carbocycles. The zero-order valence-corrected chi connectivity index (χ0v) is 7.17.